The third-order valence-corrected chi connectivity index (χ3v) is 16.5. The van der Waals surface area contributed by atoms with Gasteiger partial charge in [0.1, 0.15) is 9.79 Å². The molecule has 63 heavy (non-hydrogen) atoms. The molecule has 0 saturated carbocycles. The van der Waals surface area contributed by atoms with Crippen LogP contribution in [0.4, 0.5) is 20.2 Å². The molecular weight excluding hydrogens is 912 g/mol. The number of carbonyl (C=O) groups is 1. The smallest absolute Gasteiger partial charge is 0.341 e. The summed E-state index contributed by atoms with van der Waals surface area (Å²) in [4.78, 5) is 18.9. The number of hydrogen-bond donors (Lipinski definition) is 2. The molecule has 338 valence electrons. The van der Waals surface area contributed by atoms with Gasteiger partial charge in [-0.15, -0.1) is 11.8 Å². The van der Waals surface area contributed by atoms with E-state index in [-0.39, 0.29) is 17.3 Å². The summed E-state index contributed by atoms with van der Waals surface area (Å²) in [5.74, 6) is -4.56. The van der Waals surface area contributed by atoms with Crippen LogP contribution in [0.25, 0.3) is 5.57 Å². The number of halogens is 4. The summed E-state index contributed by atoms with van der Waals surface area (Å²) >= 11 is 14.3. The Balaban J connectivity index is 1.02. The molecule has 0 unspecified atom stereocenters. The minimum absolute atomic E-state index is 0.0263. The maximum absolute atomic E-state index is 14.2. The topological polar surface area (TPSA) is 128 Å². The van der Waals surface area contributed by atoms with Crippen molar-refractivity contribution in [2.24, 2.45) is 0 Å². The van der Waals surface area contributed by atoms with Crippen LogP contribution in [-0.2, 0) is 24.6 Å². The number of hydrogen-bond acceptors (Lipinski definition) is 11. The number of piperazine rings is 1. The van der Waals surface area contributed by atoms with Crippen molar-refractivity contribution in [3.05, 3.63) is 118 Å². The maximum Gasteiger partial charge on any atom is 0.341 e. The number of morpholine rings is 1. The van der Waals surface area contributed by atoms with E-state index in [1.807, 2.05) is 47.2 Å². The Morgan fingerprint density at radius 1 is 0.794 bits per heavy atom. The van der Waals surface area contributed by atoms with Crippen LogP contribution in [0.1, 0.15) is 48.0 Å². The molecule has 2 N–H and O–H groups in total. The van der Waals surface area contributed by atoms with Crippen LogP contribution in [0.3, 0.4) is 0 Å². The molecule has 0 spiro atoms. The van der Waals surface area contributed by atoms with E-state index < -0.39 is 46.3 Å². The Morgan fingerprint density at radius 2 is 1.48 bits per heavy atom. The van der Waals surface area contributed by atoms with E-state index in [0.29, 0.717) is 31.9 Å². The number of alkyl halides is 2. The summed E-state index contributed by atoms with van der Waals surface area (Å²) in [6.07, 6.45) is 5.04. The standard InChI is InChI=1S/C45H51Cl2F2N5O6S3/c46-35-14-10-32(11-15-35)39-9-5-4-6-34(39)30-53-22-24-54(25-23-53)37-16-12-33(13-17-37)44(55)51-63(58,59)41-19-18-40(42(47)43(41)62(56,57)45(48)49)50-36(20-21-52-26-28-60-29-27-52)31-61-38-7-2-1-3-8-38/h1-3,7-8,10-19,36,45,50H,4-6,9,20-31H2,(H,51,55)/t36-/m1/s1. The second-order valence-electron chi connectivity index (χ2n) is 15.8. The van der Waals surface area contributed by atoms with E-state index in [4.69, 9.17) is 27.9 Å². The number of sulfone groups is 1. The molecule has 2 saturated heterocycles. The number of ether oxygens (including phenoxy) is 1. The fraction of sp³-hybridized carbons (Fsp3) is 0.400. The highest BCUT2D eigenvalue weighted by atomic mass is 35.5. The van der Waals surface area contributed by atoms with Gasteiger partial charge in [0.15, 0.2) is 0 Å². The summed E-state index contributed by atoms with van der Waals surface area (Å²) < 4.78 is 89.7. The van der Waals surface area contributed by atoms with Gasteiger partial charge in [-0.3, -0.25) is 14.6 Å². The molecule has 1 amide bonds. The number of rotatable bonds is 17. The number of carbonyl (C=O) groups excluding carboxylic acids is 1. The summed E-state index contributed by atoms with van der Waals surface area (Å²) in [6.45, 7) is 7.40. The minimum atomic E-state index is -5.59. The van der Waals surface area contributed by atoms with E-state index in [1.54, 1.807) is 23.9 Å². The lowest BCUT2D eigenvalue weighted by atomic mass is 9.87. The van der Waals surface area contributed by atoms with Gasteiger partial charge < -0.3 is 15.0 Å². The van der Waals surface area contributed by atoms with Crippen LogP contribution in [-0.4, -0.2) is 116 Å². The summed E-state index contributed by atoms with van der Waals surface area (Å²) in [5.41, 5.74) is 4.89. The average Bonchev–Trinajstić information content (AvgIpc) is 3.29. The Hall–Kier alpha value is -3.74. The van der Waals surface area contributed by atoms with Crippen LogP contribution < -0.4 is 14.9 Å². The molecule has 0 bridgehead atoms. The van der Waals surface area contributed by atoms with Gasteiger partial charge >= 0.3 is 5.76 Å². The van der Waals surface area contributed by atoms with E-state index >= 15 is 0 Å². The molecule has 3 aliphatic rings. The molecule has 2 aliphatic heterocycles. The van der Waals surface area contributed by atoms with Crippen molar-refractivity contribution >= 4 is 77.7 Å². The van der Waals surface area contributed by atoms with E-state index in [0.717, 1.165) is 80.3 Å². The number of allylic oxidation sites excluding steroid dienone is 1. The maximum atomic E-state index is 14.2. The predicted molar refractivity (Wildman–Crippen MR) is 248 cm³/mol. The molecule has 4 aromatic carbocycles. The van der Waals surface area contributed by atoms with Crippen molar-refractivity contribution in [1.82, 2.24) is 14.5 Å². The second kappa shape index (κ2) is 21.5. The Kier molecular flexibility index (Phi) is 16.1. The second-order valence-corrected chi connectivity index (χ2v) is 21.2. The number of sulfonamides is 1. The SMILES string of the molecule is O=C(NS(=O)(=O)c1ccc(N[C@H](CCN2CCOCC2)CSc2ccccc2)c(Cl)c1S(=O)(=O)C(F)F)c1ccc(N2CCN(CC3=C(c4ccc(Cl)cc4)CCCC3)CC2)cc1. The van der Waals surface area contributed by atoms with Crippen LogP contribution in [0.5, 0.6) is 0 Å². The first-order valence-electron chi connectivity index (χ1n) is 21.0. The van der Waals surface area contributed by atoms with Crippen LogP contribution in [0, 0.1) is 0 Å². The van der Waals surface area contributed by atoms with Gasteiger partial charge in [-0.25, -0.2) is 21.6 Å². The van der Waals surface area contributed by atoms with Crippen LogP contribution in [0.15, 0.2) is 111 Å². The molecule has 7 rings (SSSR count). The van der Waals surface area contributed by atoms with E-state index in [2.05, 4.69) is 32.1 Å². The number of benzene rings is 4. The lowest BCUT2D eigenvalue weighted by Gasteiger charge is -2.37. The molecule has 0 radical (unpaired) electrons. The zero-order valence-electron chi connectivity index (χ0n) is 34.7. The van der Waals surface area contributed by atoms with Gasteiger partial charge in [-0.1, -0.05) is 59.1 Å². The van der Waals surface area contributed by atoms with Gasteiger partial charge in [-0.2, -0.15) is 8.78 Å². The zero-order chi connectivity index (χ0) is 44.6. The zero-order valence-corrected chi connectivity index (χ0v) is 38.6. The number of anilines is 2. The summed E-state index contributed by atoms with van der Waals surface area (Å²) in [5, 5.41) is 3.21. The summed E-state index contributed by atoms with van der Waals surface area (Å²) in [6, 6.07) is 25.8. The van der Waals surface area contributed by atoms with Gasteiger partial charge in [-0.05, 0) is 104 Å². The first-order chi connectivity index (χ1) is 30.3. The van der Waals surface area contributed by atoms with Crippen LogP contribution >= 0.6 is 35.0 Å². The lowest BCUT2D eigenvalue weighted by Crippen LogP contribution is -2.47. The lowest BCUT2D eigenvalue weighted by molar-refractivity contribution is 0.0370. The summed E-state index contributed by atoms with van der Waals surface area (Å²) in [7, 11) is -10.6. The molecule has 2 fully saturated rings. The number of amides is 1. The molecule has 18 heteroatoms. The minimum Gasteiger partial charge on any atom is -0.380 e. The van der Waals surface area contributed by atoms with Gasteiger partial charge in [0.05, 0.1) is 23.9 Å². The van der Waals surface area contributed by atoms with Crippen molar-refractivity contribution in [1.29, 1.82) is 0 Å². The molecule has 11 nitrogen and oxygen atoms in total. The molecular formula is C45H51Cl2F2N5O6S3. The van der Waals surface area contributed by atoms with Crippen molar-refractivity contribution in [3.8, 4) is 0 Å². The van der Waals surface area contributed by atoms with E-state index in [1.165, 1.54) is 47.8 Å². The fourth-order valence-corrected chi connectivity index (χ4v) is 12.5. The highest BCUT2D eigenvalue weighted by Gasteiger charge is 2.38. The Labute approximate surface area is 383 Å². The van der Waals surface area contributed by atoms with Gasteiger partial charge in [0.2, 0.25) is 9.84 Å². The Bertz CT molecular complexity index is 2450. The normalized spacial score (nSPS) is 17.5. The largest absolute Gasteiger partial charge is 0.380 e. The molecule has 0 aromatic heterocycles. The monoisotopic (exact) mass is 961 g/mol. The molecule has 2 heterocycles. The molecule has 4 aromatic rings. The number of nitrogens with one attached hydrogen (secondary N) is 2. The van der Waals surface area contributed by atoms with Gasteiger partial charge in [0.25, 0.3) is 15.9 Å². The molecule has 1 atom stereocenters. The Morgan fingerprint density at radius 3 is 2.16 bits per heavy atom. The van der Waals surface area contributed by atoms with Crippen molar-refractivity contribution in [2.75, 3.05) is 81.5 Å². The van der Waals surface area contributed by atoms with Gasteiger partial charge in [0, 0.05) is 85.3 Å². The van der Waals surface area contributed by atoms with Crippen molar-refractivity contribution in [3.63, 3.8) is 0 Å². The van der Waals surface area contributed by atoms with Crippen LogP contribution in [0.2, 0.25) is 10.0 Å². The average molecular weight is 963 g/mol. The quantitative estimate of drug-likeness (QED) is 0.0989. The van der Waals surface area contributed by atoms with Crippen molar-refractivity contribution in [2.45, 2.75) is 58.6 Å². The number of thioether (sulfide) groups is 1. The van der Waals surface area contributed by atoms with Crippen molar-refractivity contribution < 1.29 is 35.1 Å². The third-order valence-electron chi connectivity index (χ3n) is 11.6. The predicted octanol–water partition coefficient (Wildman–Crippen LogP) is 8.55. The third kappa shape index (κ3) is 12.1. The highest BCUT2D eigenvalue weighted by Crippen LogP contribution is 2.39. The first-order valence-corrected chi connectivity index (χ1v) is 25.8. The fourth-order valence-electron chi connectivity index (χ4n) is 8.14. The molecule has 1 aliphatic carbocycles. The number of nitrogens with zero attached hydrogens (tertiary/aromatic N) is 3. The highest BCUT2D eigenvalue weighted by molar-refractivity contribution is 7.99. The van der Waals surface area contributed by atoms with E-state index in [9.17, 15) is 30.4 Å². The first kappa shape index (κ1) is 47.2.